The Morgan fingerprint density at radius 2 is 1.68 bits per heavy atom. The molecule has 4 aromatic heterocycles. The minimum absolute atomic E-state index is 0.0153. The van der Waals surface area contributed by atoms with Crippen LogP contribution in [0.3, 0.4) is 0 Å². The van der Waals surface area contributed by atoms with Crippen molar-refractivity contribution in [3.05, 3.63) is 78.4 Å². The predicted octanol–water partition coefficient (Wildman–Crippen LogP) is 2.89. The van der Waals surface area contributed by atoms with Crippen LogP contribution >= 0.6 is 0 Å². The van der Waals surface area contributed by atoms with E-state index in [1.54, 1.807) is 48.7 Å². The van der Waals surface area contributed by atoms with Crippen LogP contribution < -0.4 is 9.80 Å². The molecule has 6 rings (SSSR count). The lowest BCUT2D eigenvalue weighted by atomic mass is 9.90. The number of rotatable bonds is 7. The summed E-state index contributed by atoms with van der Waals surface area (Å²) in [6.45, 7) is 6.40. The first kappa shape index (κ1) is 25.8. The van der Waals surface area contributed by atoms with Crippen molar-refractivity contribution in [1.82, 2.24) is 34.7 Å². The lowest BCUT2D eigenvalue weighted by molar-refractivity contribution is 0.101. The average Bonchev–Trinajstić information content (AvgIpc) is 3.65. The number of benzene rings is 1. The largest absolute Gasteiger partial charge is 0.394 e. The smallest absolute Gasteiger partial charge is 0.225 e. The van der Waals surface area contributed by atoms with E-state index in [2.05, 4.69) is 39.8 Å². The molecule has 0 radical (unpaired) electrons. The maximum Gasteiger partial charge on any atom is 0.225 e. The highest BCUT2D eigenvalue weighted by molar-refractivity contribution is 5.91. The van der Waals surface area contributed by atoms with Gasteiger partial charge in [0.05, 0.1) is 29.9 Å². The molecule has 1 fully saturated rings. The maximum absolute atomic E-state index is 13.3. The zero-order valence-corrected chi connectivity index (χ0v) is 22.2. The Hall–Kier alpha value is -4.42. The van der Waals surface area contributed by atoms with Crippen molar-refractivity contribution in [2.24, 2.45) is 0 Å². The van der Waals surface area contributed by atoms with E-state index in [0.29, 0.717) is 30.2 Å². The van der Waals surface area contributed by atoms with Crippen molar-refractivity contribution < 1.29 is 14.6 Å². The topological polar surface area (TPSA) is 132 Å². The minimum atomic E-state index is -1.34. The number of nitrogens with one attached hydrogen (secondary N) is 1. The number of aliphatic hydroxyl groups is 2. The van der Waals surface area contributed by atoms with Gasteiger partial charge in [0, 0.05) is 55.9 Å². The summed E-state index contributed by atoms with van der Waals surface area (Å²) < 4.78 is 15.1. The van der Waals surface area contributed by atoms with E-state index < -0.39 is 5.60 Å². The molecule has 40 heavy (non-hydrogen) atoms. The molecule has 1 aliphatic heterocycles. The summed E-state index contributed by atoms with van der Waals surface area (Å²) in [7, 11) is 0. The molecule has 0 aliphatic carbocycles. The molecule has 3 N–H and O–H groups in total. The third-order valence-corrected chi connectivity index (χ3v) is 7.50. The number of aromatic nitrogens is 7. The van der Waals surface area contributed by atoms with Gasteiger partial charge < -0.3 is 25.0 Å². The van der Waals surface area contributed by atoms with Crippen LogP contribution in [0.5, 0.6) is 0 Å². The van der Waals surface area contributed by atoms with Gasteiger partial charge in [-0.25, -0.2) is 24.3 Å². The first-order chi connectivity index (χ1) is 19.3. The van der Waals surface area contributed by atoms with E-state index in [1.807, 2.05) is 19.2 Å². The summed E-state index contributed by atoms with van der Waals surface area (Å²) in [5.41, 5.74) is 2.30. The Balaban J connectivity index is 1.16. The molecule has 5 aromatic rings. The standard InChI is InChI=1S/C28H30FN9O2/c1-18(16-39)38-15-19(12-34-38)24-11-23-25(35-24)32-17-33-26(23)36-7-9-37(10-8-36)27-30-13-21(14-31-27)28(2,40)20-3-5-22(29)6-4-20/h3-6,11-15,17-18,39-40H,7-10,16H2,1-2H3,(H,32,33,35)/t18-,28?/m0/s1. The molecule has 1 aliphatic rings. The van der Waals surface area contributed by atoms with Crippen LogP contribution in [0, 0.1) is 5.82 Å². The summed E-state index contributed by atoms with van der Waals surface area (Å²) in [6, 6.07) is 7.71. The third kappa shape index (κ3) is 4.75. The van der Waals surface area contributed by atoms with Crippen LogP contribution in [0.15, 0.2) is 61.4 Å². The Kier molecular flexibility index (Phi) is 6.64. The number of fused-ring (bicyclic) bond motifs is 1. The Morgan fingerprint density at radius 1 is 0.975 bits per heavy atom. The van der Waals surface area contributed by atoms with Crippen LogP contribution in [0.25, 0.3) is 22.3 Å². The Labute approximate surface area is 230 Å². The van der Waals surface area contributed by atoms with Crippen molar-refractivity contribution in [2.45, 2.75) is 25.5 Å². The third-order valence-electron chi connectivity index (χ3n) is 7.50. The summed E-state index contributed by atoms with van der Waals surface area (Å²) in [5.74, 6) is 1.09. The van der Waals surface area contributed by atoms with Gasteiger partial charge in [-0.2, -0.15) is 5.10 Å². The second kappa shape index (κ2) is 10.3. The number of nitrogens with zero attached hydrogens (tertiary/aromatic N) is 8. The Morgan fingerprint density at radius 3 is 2.38 bits per heavy atom. The van der Waals surface area contributed by atoms with Crippen LogP contribution in [0.4, 0.5) is 16.2 Å². The van der Waals surface area contributed by atoms with Gasteiger partial charge in [0.15, 0.2) is 0 Å². The van der Waals surface area contributed by atoms with E-state index in [9.17, 15) is 14.6 Å². The zero-order valence-electron chi connectivity index (χ0n) is 22.2. The Bertz CT molecular complexity index is 1610. The molecule has 1 aromatic carbocycles. The van der Waals surface area contributed by atoms with Crippen molar-refractivity contribution in [1.29, 1.82) is 0 Å². The molecule has 5 heterocycles. The van der Waals surface area contributed by atoms with Gasteiger partial charge in [0.2, 0.25) is 5.95 Å². The molecule has 2 atom stereocenters. The molecule has 12 heteroatoms. The number of H-pyrrole nitrogens is 1. The van der Waals surface area contributed by atoms with Gasteiger partial charge in [-0.05, 0) is 37.6 Å². The summed E-state index contributed by atoms with van der Waals surface area (Å²) in [5, 5.41) is 25.8. The minimum Gasteiger partial charge on any atom is -0.394 e. The normalized spacial score (nSPS) is 16.3. The van der Waals surface area contributed by atoms with Crippen molar-refractivity contribution >= 4 is 22.8 Å². The number of hydrogen-bond acceptors (Lipinski definition) is 9. The van der Waals surface area contributed by atoms with Gasteiger partial charge in [0.25, 0.3) is 0 Å². The van der Waals surface area contributed by atoms with Crippen LogP contribution in [0.2, 0.25) is 0 Å². The second-order valence-corrected chi connectivity index (χ2v) is 10.2. The molecule has 0 saturated carbocycles. The first-order valence-electron chi connectivity index (χ1n) is 13.1. The van der Waals surface area contributed by atoms with Gasteiger partial charge in [-0.1, -0.05) is 12.1 Å². The molecule has 0 bridgehead atoms. The quantitative estimate of drug-likeness (QED) is 0.283. The van der Waals surface area contributed by atoms with Gasteiger partial charge in [-0.3, -0.25) is 4.68 Å². The molecule has 1 saturated heterocycles. The molecule has 0 amide bonds. The summed E-state index contributed by atoms with van der Waals surface area (Å²) in [6.07, 6.45) is 8.48. The zero-order chi connectivity index (χ0) is 27.9. The monoisotopic (exact) mass is 543 g/mol. The highest BCUT2D eigenvalue weighted by atomic mass is 19.1. The number of hydrogen-bond donors (Lipinski definition) is 3. The number of anilines is 2. The molecule has 11 nitrogen and oxygen atoms in total. The average molecular weight is 544 g/mol. The highest BCUT2D eigenvalue weighted by Gasteiger charge is 2.28. The summed E-state index contributed by atoms with van der Waals surface area (Å²) >= 11 is 0. The SMILES string of the molecule is C[C@@H](CO)n1cc(-c2cc3c(N4CCN(c5ncc(C(C)(O)c6ccc(F)cc6)cn5)CC4)ncnc3[nH]2)cn1. The number of aliphatic hydroxyl groups excluding tert-OH is 1. The fraction of sp³-hybridized carbons (Fsp3) is 0.321. The summed E-state index contributed by atoms with van der Waals surface area (Å²) in [4.78, 5) is 25.8. The number of halogens is 1. The van der Waals surface area contributed by atoms with Gasteiger partial charge in [0.1, 0.15) is 29.2 Å². The van der Waals surface area contributed by atoms with Crippen molar-refractivity contribution in [3.8, 4) is 11.3 Å². The lowest BCUT2D eigenvalue weighted by Gasteiger charge is -2.35. The van der Waals surface area contributed by atoms with E-state index >= 15 is 0 Å². The lowest BCUT2D eigenvalue weighted by Crippen LogP contribution is -2.47. The van der Waals surface area contributed by atoms with Gasteiger partial charge >= 0.3 is 0 Å². The van der Waals surface area contributed by atoms with Gasteiger partial charge in [-0.15, -0.1) is 0 Å². The van der Waals surface area contributed by atoms with Crippen LogP contribution in [-0.4, -0.2) is 77.7 Å². The van der Waals surface area contributed by atoms with Crippen molar-refractivity contribution in [3.63, 3.8) is 0 Å². The van der Waals surface area contributed by atoms with E-state index in [-0.39, 0.29) is 18.5 Å². The number of aromatic amines is 1. The maximum atomic E-state index is 13.3. The molecule has 0 spiro atoms. The molecular formula is C28H30FN9O2. The van der Waals surface area contributed by atoms with Crippen LogP contribution in [-0.2, 0) is 5.60 Å². The second-order valence-electron chi connectivity index (χ2n) is 10.2. The first-order valence-corrected chi connectivity index (χ1v) is 13.1. The fourth-order valence-corrected chi connectivity index (χ4v) is 4.93. The van der Waals surface area contributed by atoms with Crippen LogP contribution in [0.1, 0.15) is 31.0 Å². The van der Waals surface area contributed by atoms with Crippen molar-refractivity contribution in [2.75, 3.05) is 42.6 Å². The highest BCUT2D eigenvalue weighted by Crippen LogP contribution is 2.31. The number of piperazine rings is 1. The molecular weight excluding hydrogens is 513 g/mol. The molecule has 1 unspecified atom stereocenters. The van der Waals surface area contributed by atoms with E-state index in [4.69, 9.17) is 0 Å². The molecule has 206 valence electrons. The van der Waals surface area contributed by atoms with E-state index in [1.165, 1.54) is 12.1 Å². The predicted molar refractivity (Wildman–Crippen MR) is 148 cm³/mol. The van der Waals surface area contributed by atoms with E-state index in [0.717, 1.165) is 41.2 Å². The fourth-order valence-electron chi connectivity index (χ4n) is 4.93.